The summed E-state index contributed by atoms with van der Waals surface area (Å²) in [6, 6.07) is 0. The smallest absolute Gasteiger partial charge is 0.256 e. The zero-order valence-corrected chi connectivity index (χ0v) is 9.49. The van der Waals surface area contributed by atoms with Gasteiger partial charge in [0, 0.05) is 6.54 Å². The number of aliphatic hydroxyl groups excluding tert-OH is 1. The molecule has 88 valence electrons. The molecule has 0 spiro atoms. The molecular weight excluding hydrogens is 208 g/mol. The molecular formula is C11H16N2O3. The highest BCUT2D eigenvalue weighted by atomic mass is 16.5. The maximum absolute atomic E-state index is 11.8. The van der Waals surface area contributed by atoms with Crippen LogP contribution in [0, 0.1) is 19.8 Å². The number of hydrogen-bond donors (Lipinski definition) is 2. The first-order chi connectivity index (χ1) is 7.58. The predicted molar refractivity (Wildman–Crippen MR) is 57.0 cm³/mol. The third kappa shape index (κ3) is 2.09. The fraction of sp³-hybridized carbons (Fsp3) is 0.636. The Morgan fingerprint density at radius 3 is 2.75 bits per heavy atom. The van der Waals surface area contributed by atoms with E-state index < -0.39 is 0 Å². The summed E-state index contributed by atoms with van der Waals surface area (Å²) in [5.41, 5.74) is 1.14. The minimum atomic E-state index is -0.180. The molecule has 0 bridgehead atoms. The summed E-state index contributed by atoms with van der Waals surface area (Å²) in [5.74, 6) is 0.806. The molecule has 1 aromatic rings. The number of nitrogens with zero attached hydrogens (tertiary/aromatic N) is 1. The maximum Gasteiger partial charge on any atom is 0.256 e. The van der Waals surface area contributed by atoms with Crippen LogP contribution in [0.15, 0.2) is 4.52 Å². The number of nitrogens with one attached hydrogen (secondary N) is 1. The number of hydrogen-bond acceptors (Lipinski definition) is 4. The van der Waals surface area contributed by atoms with Gasteiger partial charge in [0.25, 0.3) is 5.91 Å². The third-order valence-corrected chi connectivity index (χ3v) is 3.02. The van der Waals surface area contributed by atoms with Crippen LogP contribution in [0.1, 0.15) is 34.7 Å². The fourth-order valence-electron chi connectivity index (χ4n) is 2.00. The molecule has 1 aliphatic carbocycles. The Morgan fingerprint density at radius 2 is 2.25 bits per heavy atom. The molecule has 2 N–H and O–H groups in total. The minimum absolute atomic E-state index is 0.141. The molecule has 5 nitrogen and oxygen atoms in total. The van der Waals surface area contributed by atoms with E-state index in [1.807, 2.05) is 0 Å². The average Bonchev–Trinajstić information content (AvgIpc) is 2.51. The molecule has 0 aliphatic heterocycles. The van der Waals surface area contributed by atoms with E-state index >= 15 is 0 Å². The zero-order valence-electron chi connectivity index (χ0n) is 9.49. The minimum Gasteiger partial charge on any atom is -0.393 e. The van der Waals surface area contributed by atoms with E-state index in [1.54, 1.807) is 13.8 Å². The highest BCUT2D eigenvalue weighted by molar-refractivity contribution is 5.96. The molecule has 0 unspecified atom stereocenters. The lowest BCUT2D eigenvalue weighted by atomic mass is 9.82. The van der Waals surface area contributed by atoms with Gasteiger partial charge in [-0.3, -0.25) is 4.79 Å². The van der Waals surface area contributed by atoms with Crippen LogP contribution >= 0.6 is 0 Å². The molecule has 0 atom stereocenters. The van der Waals surface area contributed by atoms with Crippen LogP contribution < -0.4 is 5.32 Å². The molecule has 2 rings (SSSR count). The number of aromatic nitrogens is 1. The number of aryl methyl sites for hydroxylation is 2. The van der Waals surface area contributed by atoms with Gasteiger partial charge < -0.3 is 14.9 Å². The van der Waals surface area contributed by atoms with Crippen LogP contribution in [0.3, 0.4) is 0 Å². The second-order valence-electron chi connectivity index (χ2n) is 4.40. The molecule has 0 saturated heterocycles. The lowest BCUT2D eigenvalue weighted by Gasteiger charge is -2.31. The first kappa shape index (κ1) is 11.1. The second-order valence-corrected chi connectivity index (χ2v) is 4.40. The van der Waals surface area contributed by atoms with Gasteiger partial charge in [-0.1, -0.05) is 5.16 Å². The Labute approximate surface area is 93.8 Å². The molecule has 1 heterocycles. The van der Waals surface area contributed by atoms with E-state index in [9.17, 15) is 4.79 Å². The van der Waals surface area contributed by atoms with Crippen molar-refractivity contribution >= 4 is 5.91 Å². The number of amides is 1. The van der Waals surface area contributed by atoms with Crippen LogP contribution in [0.4, 0.5) is 0 Å². The zero-order chi connectivity index (χ0) is 11.7. The van der Waals surface area contributed by atoms with Crippen LogP contribution in [-0.4, -0.2) is 28.8 Å². The summed E-state index contributed by atoms with van der Waals surface area (Å²) in [5, 5.41) is 15.7. The predicted octanol–water partition coefficient (Wildman–Crippen LogP) is 0.792. The lowest BCUT2D eigenvalue weighted by Crippen LogP contribution is -2.38. The fourth-order valence-corrected chi connectivity index (χ4v) is 2.00. The molecule has 1 fully saturated rings. The van der Waals surface area contributed by atoms with Gasteiger partial charge in [0.05, 0.1) is 11.8 Å². The topological polar surface area (TPSA) is 75.4 Å². The summed E-state index contributed by atoms with van der Waals surface area (Å²) in [4.78, 5) is 11.8. The summed E-state index contributed by atoms with van der Waals surface area (Å²) >= 11 is 0. The molecule has 1 saturated carbocycles. The summed E-state index contributed by atoms with van der Waals surface area (Å²) in [6.07, 6.45) is 1.38. The summed E-state index contributed by atoms with van der Waals surface area (Å²) < 4.78 is 4.93. The van der Waals surface area contributed by atoms with Crippen LogP contribution in [0.2, 0.25) is 0 Å². The Morgan fingerprint density at radius 1 is 1.56 bits per heavy atom. The molecule has 0 aromatic carbocycles. The summed E-state index contributed by atoms with van der Waals surface area (Å²) in [6.45, 7) is 4.08. The SMILES string of the molecule is Cc1noc(C)c1C(=O)NCC1CC(O)C1. The van der Waals surface area contributed by atoms with Crippen molar-refractivity contribution in [3.63, 3.8) is 0 Å². The lowest BCUT2D eigenvalue weighted by molar-refractivity contribution is 0.0420. The van der Waals surface area contributed by atoms with E-state index in [0.29, 0.717) is 29.5 Å². The molecule has 0 radical (unpaired) electrons. The van der Waals surface area contributed by atoms with Crippen molar-refractivity contribution in [3.8, 4) is 0 Å². The van der Waals surface area contributed by atoms with Gasteiger partial charge in [0.15, 0.2) is 0 Å². The van der Waals surface area contributed by atoms with Gasteiger partial charge in [-0.15, -0.1) is 0 Å². The highest BCUT2D eigenvalue weighted by Gasteiger charge is 2.28. The van der Waals surface area contributed by atoms with Crippen molar-refractivity contribution in [3.05, 3.63) is 17.0 Å². The van der Waals surface area contributed by atoms with Gasteiger partial charge in [-0.25, -0.2) is 0 Å². The number of rotatable bonds is 3. The van der Waals surface area contributed by atoms with Crippen molar-refractivity contribution in [2.45, 2.75) is 32.8 Å². The molecule has 5 heteroatoms. The van der Waals surface area contributed by atoms with Gasteiger partial charge >= 0.3 is 0 Å². The molecule has 1 aliphatic rings. The average molecular weight is 224 g/mol. The normalized spacial score (nSPS) is 23.9. The van der Waals surface area contributed by atoms with E-state index in [1.165, 1.54) is 0 Å². The van der Waals surface area contributed by atoms with E-state index in [0.717, 1.165) is 12.8 Å². The highest BCUT2D eigenvalue weighted by Crippen LogP contribution is 2.26. The summed E-state index contributed by atoms with van der Waals surface area (Å²) in [7, 11) is 0. The van der Waals surface area contributed by atoms with E-state index in [4.69, 9.17) is 9.63 Å². The van der Waals surface area contributed by atoms with Crippen molar-refractivity contribution < 1.29 is 14.4 Å². The Hall–Kier alpha value is -1.36. The first-order valence-electron chi connectivity index (χ1n) is 5.47. The first-order valence-corrected chi connectivity index (χ1v) is 5.47. The number of aliphatic hydroxyl groups is 1. The Balaban J connectivity index is 1.88. The largest absolute Gasteiger partial charge is 0.393 e. The van der Waals surface area contributed by atoms with Gasteiger partial charge in [-0.2, -0.15) is 0 Å². The Bertz CT molecular complexity index is 374. The molecule has 1 amide bonds. The molecule has 16 heavy (non-hydrogen) atoms. The van der Waals surface area contributed by atoms with E-state index in [-0.39, 0.29) is 12.0 Å². The second kappa shape index (κ2) is 4.25. The Kier molecular flexibility index (Phi) is 2.96. The number of carbonyl (C=O) groups excluding carboxylic acids is 1. The monoisotopic (exact) mass is 224 g/mol. The number of carbonyl (C=O) groups is 1. The van der Waals surface area contributed by atoms with E-state index in [2.05, 4.69) is 10.5 Å². The quantitative estimate of drug-likeness (QED) is 0.796. The van der Waals surface area contributed by atoms with Crippen molar-refractivity contribution in [1.29, 1.82) is 0 Å². The van der Waals surface area contributed by atoms with Gasteiger partial charge in [0.2, 0.25) is 0 Å². The maximum atomic E-state index is 11.8. The van der Waals surface area contributed by atoms with Crippen molar-refractivity contribution in [1.82, 2.24) is 10.5 Å². The molecule has 1 aromatic heterocycles. The van der Waals surface area contributed by atoms with Gasteiger partial charge in [0.1, 0.15) is 11.3 Å². The van der Waals surface area contributed by atoms with Crippen molar-refractivity contribution in [2.75, 3.05) is 6.54 Å². The third-order valence-electron chi connectivity index (χ3n) is 3.02. The van der Waals surface area contributed by atoms with Crippen LogP contribution in [0.25, 0.3) is 0 Å². The standard InChI is InChI=1S/C11H16N2O3/c1-6-10(7(2)16-13-6)11(15)12-5-8-3-9(14)4-8/h8-9,14H,3-5H2,1-2H3,(H,12,15). The van der Waals surface area contributed by atoms with Crippen LogP contribution in [-0.2, 0) is 0 Å². The van der Waals surface area contributed by atoms with Gasteiger partial charge in [-0.05, 0) is 32.6 Å². The van der Waals surface area contributed by atoms with Crippen molar-refractivity contribution in [2.24, 2.45) is 5.92 Å². The van der Waals surface area contributed by atoms with Crippen LogP contribution in [0.5, 0.6) is 0 Å².